The Balaban J connectivity index is 1.54. The van der Waals surface area contributed by atoms with Gasteiger partial charge in [0.15, 0.2) is 0 Å². The Morgan fingerprint density at radius 1 is 1.11 bits per heavy atom. The standard InChI is InChI=1S/C14H23N5/c15-10-7-11-4-5-12(8-10)19(11)9-14-17-16-13-3-1-2-6-18(13)14/h10-12H,1-9,15H2. The van der Waals surface area contributed by atoms with Crippen molar-refractivity contribution in [1.29, 1.82) is 0 Å². The van der Waals surface area contributed by atoms with Crippen molar-refractivity contribution in [1.82, 2.24) is 19.7 Å². The van der Waals surface area contributed by atoms with Gasteiger partial charge in [0.2, 0.25) is 0 Å². The molecule has 2 N–H and O–H groups in total. The van der Waals surface area contributed by atoms with E-state index in [1.54, 1.807) is 0 Å². The number of nitrogens with two attached hydrogens (primary N) is 1. The Morgan fingerprint density at radius 2 is 1.89 bits per heavy atom. The minimum absolute atomic E-state index is 0.418. The number of aryl methyl sites for hydroxylation is 1. The second kappa shape index (κ2) is 4.56. The highest BCUT2D eigenvalue weighted by Crippen LogP contribution is 2.36. The first kappa shape index (κ1) is 11.9. The fourth-order valence-corrected chi connectivity index (χ4v) is 4.22. The van der Waals surface area contributed by atoms with Crippen molar-refractivity contribution >= 4 is 0 Å². The monoisotopic (exact) mass is 261 g/mol. The molecule has 1 aromatic heterocycles. The molecule has 104 valence electrons. The Bertz CT molecular complexity index is 454. The maximum absolute atomic E-state index is 6.14. The molecular weight excluding hydrogens is 238 g/mol. The van der Waals surface area contributed by atoms with Crippen molar-refractivity contribution < 1.29 is 0 Å². The third-order valence-corrected chi connectivity index (χ3v) is 5.18. The summed E-state index contributed by atoms with van der Waals surface area (Å²) in [6.45, 7) is 2.09. The first-order chi connectivity index (χ1) is 9.31. The molecule has 4 heterocycles. The lowest BCUT2D eigenvalue weighted by atomic mass is 9.98. The molecule has 5 nitrogen and oxygen atoms in total. The molecule has 1 aromatic rings. The van der Waals surface area contributed by atoms with Crippen LogP contribution in [0.15, 0.2) is 0 Å². The molecule has 2 atom stereocenters. The zero-order valence-electron chi connectivity index (χ0n) is 11.5. The zero-order chi connectivity index (χ0) is 12.8. The van der Waals surface area contributed by atoms with Gasteiger partial charge in [-0.3, -0.25) is 4.90 Å². The quantitative estimate of drug-likeness (QED) is 0.865. The van der Waals surface area contributed by atoms with Gasteiger partial charge in [-0.2, -0.15) is 0 Å². The summed E-state index contributed by atoms with van der Waals surface area (Å²) in [5, 5.41) is 8.82. The number of aromatic nitrogens is 3. The maximum atomic E-state index is 6.14. The number of nitrogens with zero attached hydrogens (tertiary/aromatic N) is 4. The average Bonchev–Trinajstić information content (AvgIpc) is 2.92. The molecule has 2 fully saturated rings. The van der Waals surface area contributed by atoms with Gasteiger partial charge in [-0.1, -0.05) is 0 Å². The lowest BCUT2D eigenvalue weighted by Crippen LogP contribution is -2.47. The molecule has 2 bridgehead atoms. The fraction of sp³-hybridized carbons (Fsp3) is 0.857. The minimum Gasteiger partial charge on any atom is -0.328 e. The summed E-state index contributed by atoms with van der Waals surface area (Å²) >= 11 is 0. The SMILES string of the molecule is NC1CC2CCC(C1)N2Cc1nnc2n1CCCC2. The minimum atomic E-state index is 0.418. The van der Waals surface area contributed by atoms with Gasteiger partial charge >= 0.3 is 0 Å². The van der Waals surface area contributed by atoms with E-state index in [0.717, 1.165) is 32.4 Å². The molecule has 0 spiro atoms. The van der Waals surface area contributed by atoms with E-state index in [2.05, 4.69) is 19.7 Å². The Hall–Kier alpha value is -0.940. The highest BCUT2D eigenvalue weighted by molar-refractivity contribution is 5.03. The fourth-order valence-electron chi connectivity index (χ4n) is 4.22. The van der Waals surface area contributed by atoms with Gasteiger partial charge in [-0.05, 0) is 38.5 Å². The predicted molar refractivity (Wildman–Crippen MR) is 72.5 cm³/mol. The van der Waals surface area contributed by atoms with Crippen LogP contribution in [-0.2, 0) is 19.5 Å². The molecule has 2 saturated heterocycles. The molecule has 0 radical (unpaired) electrons. The van der Waals surface area contributed by atoms with Gasteiger partial charge in [0.25, 0.3) is 0 Å². The van der Waals surface area contributed by atoms with Crippen molar-refractivity contribution in [2.45, 2.75) is 76.2 Å². The van der Waals surface area contributed by atoms with Crippen LogP contribution in [0, 0.1) is 0 Å². The van der Waals surface area contributed by atoms with Crippen molar-refractivity contribution in [3.05, 3.63) is 11.6 Å². The smallest absolute Gasteiger partial charge is 0.147 e. The van der Waals surface area contributed by atoms with Gasteiger partial charge in [0.05, 0.1) is 6.54 Å². The Kier molecular flexibility index (Phi) is 2.84. The Morgan fingerprint density at radius 3 is 2.68 bits per heavy atom. The van der Waals surface area contributed by atoms with E-state index in [9.17, 15) is 0 Å². The van der Waals surface area contributed by atoms with Crippen LogP contribution >= 0.6 is 0 Å². The number of hydrogen-bond donors (Lipinski definition) is 1. The van der Waals surface area contributed by atoms with E-state index in [1.807, 2.05) is 0 Å². The normalized spacial score (nSPS) is 34.5. The van der Waals surface area contributed by atoms with Crippen LogP contribution in [0.5, 0.6) is 0 Å². The molecule has 0 aromatic carbocycles. The van der Waals surface area contributed by atoms with Crippen LogP contribution in [0.2, 0.25) is 0 Å². The van der Waals surface area contributed by atoms with Gasteiger partial charge < -0.3 is 10.3 Å². The van der Waals surface area contributed by atoms with E-state index in [4.69, 9.17) is 5.73 Å². The molecular formula is C14H23N5. The molecule has 0 saturated carbocycles. The summed E-state index contributed by atoms with van der Waals surface area (Å²) in [5.74, 6) is 2.38. The molecule has 0 amide bonds. The van der Waals surface area contributed by atoms with E-state index in [-0.39, 0.29) is 0 Å². The summed E-state index contributed by atoms with van der Waals surface area (Å²) in [6.07, 6.45) is 8.61. The van der Waals surface area contributed by atoms with Crippen LogP contribution in [0.25, 0.3) is 0 Å². The van der Waals surface area contributed by atoms with Crippen molar-refractivity contribution in [2.75, 3.05) is 0 Å². The van der Waals surface area contributed by atoms with Crippen LogP contribution < -0.4 is 5.73 Å². The van der Waals surface area contributed by atoms with Crippen LogP contribution in [0.4, 0.5) is 0 Å². The van der Waals surface area contributed by atoms with E-state index in [1.165, 1.54) is 37.3 Å². The third kappa shape index (κ3) is 1.99. The van der Waals surface area contributed by atoms with E-state index in [0.29, 0.717) is 18.1 Å². The summed E-state index contributed by atoms with van der Waals surface area (Å²) in [7, 11) is 0. The number of rotatable bonds is 2. The molecule has 5 heteroatoms. The second-order valence-corrected chi connectivity index (χ2v) is 6.43. The lowest BCUT2D eigenvalue weighted by Gasteiger charge is -2.37. The largest absolute Gasteiger partial charge is 0.328 e. The average molecular weight is 261 g/mol. The van der Waals surface area contributed by atoms with Crippen LogP contribution in [0.1, 0.15) is 50.2 Å². The summed E-state index contributed by atoms with van der Waals surface area (Å²) in [4.78, 5) is 2.65. The summed E-state index contributed by atoms with van der Waals surface area (Å²) in [6, 6.07) is 1.79. The van der Waals surface area contributed by atoms with Crippen LogP contribution in [0.3, 0.4) is 0 Å². The molecule has 2 unspecified atom stereocenters. The number of hydrogen-bond acceptors (Lipinski definition) is 4. The molecule has 4 rings (SSSR count). The zero-order valence-corrected chi connectivity index (χ0v) is 11.5. The highest BCUT2D eigenvalue weighted by Gasteiger charge is 2.40. The Labute approximate surface area is 114 Å². The maximum Gasteiger partial charge on any atom is 0.147 e. The summed E-state index contributed by atoms with van der Waals surface area (Å²) < 4.78 is 2.36. The topological polar surface area (TPSA) is 60.0 Å². The molecule has 3 aliphatic heterocycles. The summed E-state index contributed by atoms with van der Waals surface area (Å²) in [5.41, 5.74) is 6.14. The van der Waals surface area contributed by atoms with Gasteiger partial charge in [-0.25, -0.2) is 0 Å². The lowest BCUT2D eigenvalue weighted by molar-refractivity contribution is 0.114. The number of fused-ring (bicyclic) bond motifs is 3. The second-order valence-electron chi connectivity index (χ2n) is 6.43. The number of piperidine rings is 1. The first-order valence-corrected chi connectivity index (χ1v) is 7.73. The van der Waals surface area contributed by atoms with E-state index < -0.39 is 0 Å². The first-order valence-electron chi connectivity index (χ1n) is 7.73. The highest BCUT2D eigenvalue weighted by atomic mass is 15.3. The van der Waals surface area contributed by atoms with Gasteiger partial charge in [-0.15, -0.1) is 10.2 Å². The van der Waals surface area contributed by atoms with Gasteiger partial charge in [0.1, 0.15) is 11.6 Å². The van der Waals surface area contributed by atoms with E-state index >= 15 is 0 Å². The predicted octanol–water partition coefficient (Wildman–Crippen LogP) is 1.07. The molecule has 0 aliphatic carbocycles. The van der Waals surface area contributed by atoms with Crippen molar-refractivity contribution in [3.8, 4) is 0 Å². The third-order valence-electron chi connectivity index (χ3n) is 5.18. The molecule has 3 aliphatic rings. The van der Waals surface area contributed by atoms with Crippen molar-refractivity contribution in [3.63, 3.8) is 0 Å². The molecule has 19 heavy (non-hydrogen) atoms. The van der Waals surface area contributed by atoms with Crippen LogP contribution in [-0.4, -0.2) is 37.8 Å². The van der Waals surface area contributed by atoms with Gasteiger partial charge in [0, 0.05) is 31.1 Å². The van der Waals surface area contributed by atoms with Crippen molar-refractivity contribution in [2.24, 2.45) is 5.73 Å².